The monoisotopic (exact) mass is 636 g/mol. The SMILES string of the molecule is CC(C)O[Si]1(OC(C)C)OC[C@H]2O[C@@H](n3c(/C=C/c4ccccc4)cc(=O)[nH]c3=O)C[C@@H]2O[Si](OC(C)C)(OC(C)C)O1. The van der Waals surface area contributed by atoms with Gasteiger partial charge in [0.15, 0.2) is 0 Å². The molecule has 0 saturated carbocycles. The topological polar surface area (TPSA) is 129 Å². The maximum Gasteiger partial charge on any atom is 0.674 e. The summed E-state index contributed by atoms with van der Waals surface area (Å²) >= 11 is 0. The lowest BCUT2D eigenvalue weighted by Crippen LogP contribution is -2.67. The van der Waals surface area contributed by atoms with E-state index in [0.29, 0.717) is 5.69 Å². The molecule has 0 radical (unpaired) electrons. The van der Waals surface area contributed by atoms with Gasteiger partial charge in [-0.15, -0.1) is 0 Å². The third-order valence-electron chi connectivity index (χ3n) is 6.21. The average molecular weight is 637 g/mol. The Balaban J connectivity index is 1.74. The number of benzene rings is 1. The molecule has 1 N–H and O–H groups in total. The van der Waals surface area contributed by atoms with Gasteiger partial charge in [-0.1, -0.05) is 36.4 Å². The van der Waals surface area contributed by atoms with Crippen molar-refractivity contribution in [1.29, 1.82) is 0 Å². The quantitative estimate of drug-likeness (QED) is 0.362. The Hall–Kier alpha value is -2.25. The molecule has 2 aromatic rings. The molecule has 2 fully saturated rings. The summed E-state index contributed by atoms with van der Waals surface area (Å²) in [6.07, 6.45) is 0.414. The Bertz CT molecular complexity index is 1320. The van der Waals surface area contributed by atoms with E-state index in [4.69, 9.17) is 35.4 Å². The van der Waals surface area contributed by atoms with Gasteiger partial charge in [0.25, 0.3) is 5.56 Å². The van der Waals surface area contributed by atoms with E-state index in [0.717, 1.165) is 5.56 Å². The van der Waals surface area contributed by atoms with Gasteiger partial charge in [0, 0.05) is 36.9 Å². The van der Waals surface area contributed by atoms with Crippen LogP contribution in [0.3, 0.4) is 0 Å². The molecule has 2 saturated heterocycles. The summed E-state index contributed by atoms with van der Waals surface area (Å²) in [5.74, 6) is 0. The third-order valence-corrected chi connectivity index (χ3v) is 12.4. The fraction of sp³-hybridized carbons (Fsp3) is 0.586. The molecule has 12 nitrogen and oxygen atoms in total. The highest BCUT2D eigenvalue weighted by Crippen LogP contribution is 2.38. The van der Waals surface area contributed by atoms with Crippen LogP contribution in [0.25, 0.3) is 12.2 Å². The van der Waals surface area contributed by atoms with Gasteiger partial charge in [-0.25, -0.2) is 4.79 Å². The summed E-state index contributed by atoms with van der Waals surface area (Å²) in [7, 11) is -7.95. The lowest BCUT2D eigenvalue weighted by molar-refractivity contribution is -0.144. The van der Waals surface area contributed by atoms with Crippen molar-refractivity contribution in [3.05, 3.63) is 68.5 Å². The first-order valence-corrected chi connectivity index (χ1v) is 18.0. The zero-order valence-electron chi connectivity index (χ0n) is 26.1. The maximum absolute atomic E-state index is 13.2. The number of hydrogen-bond donors (Lipinski definition) is 1. The molecular formula is C29H44N2O10Si2. The van der Waals surface area contributed by atoms with Crippen molar-refractivity contribution in [3.8, 4) is 0 Å². The lowest BCUT2D eigenvalue weighted by Gasteiger charge is -2.42. The number of fused-ring (bicyclic) bond motifs is 1. The zero-order valence-corrected chi connectivity index (χ0v) is 28.1. The van der Waals surface area contributed by atoms with Crippen LogP contribution in [0.4, 0.5) is 0 Å². The van der Waals surface area contributed by atoms with Crippen molar-refractivity contribution in [2.75, 3.05) is 6.61 Å². The Morgan fingerprint density at radius 3 is 2.00 bits per heavy atom. The lowest BCUT2D eigenvalue weighted by atomic mass is 10.2. The molecule has 0 bridgehead atoms. The molecule has 1 aromatic carbocycles. The first-order chi connectivity index (χ1) is 20.3. The molecular weight excluding hydrogens is 592 g/mol. The Kier molecular flexibility index (Phi) is 11.1. The van der Waals surface area contributed by atoms with Crippen LogP contribution >= 0.6 is 0 Å². The van der Waals surface area contributed by atoms with Crippen LogP contribution in [-0.2, 0) is 35.4 Å². The van der Waals surface area contributed by atoms with E-state index in [9.17, 15) is 9.59 Å². The van der Waals surface area contributed by atoms with E-state index < -0.39 is 47.8 Å². The Morgan fingerprint density at radius 2 is 1.42 bits per heavy atom. The van der Waals surface area contributed by atoms with Crippen LogP contribution < -0.4 is 11.2 Å². The van der Waals surface area contributed by atoms with Crippen LogP contribution in [0, 0.1) is 0 Å². The second-order valence-electron chi connectivity index (χ2n) is 11.6. The highest BCUT2D eigenvalue weighted by molar-refractivity contribution is 6.68. The van der Waals surface area contributed by atoms with Gasteiger partial charge in [-0.2, -0.15) is 0 Å². The summed E-state index contributed by atoms with van der Waals surface area (Å²) < 4.78 is 52.6. The van der Waals surface area contributed by atoms with Gasteiger partial charge in [0.2, 0.25) is 0 Å². The minimum atomic E-state index is -4.02. The molecule has 0 amide bonds. The molecule has 0 aliphatic carbocycles. The number of nitrogens with one attached hydrogen (secondary N) is 1. The normalized spacial score (nSPS) is 23.8. The summed E-state index contributed by atoms with van der Waals surface area (Å²) in [5, 5.41) is 0. The Morgan fingerprint density at radius 1 is 0.837 bits per heavy atom. The third kappa shape index (κ3) is 8.91. The second kappa shape index (κ2) is 14.2. The van der Waals surface area contributed by atoms with E-state index in [1.54, 1.807) is 6.08 Å². The van der Waals surface area contributed by atoms with Crippen molar-refractivity contribution in [2.24, 2.45) is 0 Å². The molecule has 3 heterocycles. The zero-order chi connectivity index (χ0) is 31.4. The van der Waals surface area contributed by atoms with Gasteiger partial charge in [-0.3, -0.25) is 14.3 Å². The predicted octanol–water partition coefficient (Wildman–Crippen LogP) is 4.00. The van der Waals surface area contributed by atoms with E-state index in [1.165, 1.54) is 10.6 Å². The molecule has 0 spiro atoms. The van der Waals surface area contributed by atoms with Gasteiger partial charge >= 0.3 is 23.8 Å². The van der Waals surface area contributed by atoms with E-state index in [-0.39, 0.29) is 37.4 Å². The molecule has 43 heavy (non-hydrogen) atoms. The van der Waals surface area contributed by atoms with E-state index in [1.807, 2.05) is 91.8 Å². The van der Waals surface area contributed by atoms with Crippen LogP contribution in [0.1, 0.15) is 79.3 Å². The molecule has 1 aromatic heterocycles. The fourth-order valence-electron chi connectivity index (χ4n) is 4.83. The number of aromatic nitrogens is 2. The summed E-state index contributed by atoms with van der Waals surface area (Å²) in [4.78, 5) is 27.9. The van der Waals surface area contributed by atoms with Crippen molar-refractivity contribution in [2.45, 2.75) is 105 Å². The average Bonchev–Trinajstić information content (AvgIpc) is 3.25. The van der Waals surface area contributed by atoms with Gasteiger partial charge < -0.3 is 35.4 Å². The molecule has 4 rings (SSSR count). The highest BCUT2D eigenvalue weighted by Gasteiger charge is 2.65. The smallest absolute Gasteiger partial charge is 0.349 e. The second-order valence-corrected chi connectivity index (χ2v) is 15.9. The summed E-state index contributed by atoms with van der Waals surface area (Å²) in [5.41, 5.74) is 0.172. The van der Waals surface area contributed by atoms with E-state index in [2.05, 4.69) is 4.98 Å². The van der Waals surface area contributed by atoms with Crippen LogP contribution in [0.5, 0.6) is 0 Å². The summed E-state index contributed by atoms with van der Waals surface area (Å²) in [6, 6.07) is 10.9. The number of nitrogens with zero attached hydrogens (tertiary/aromatic N) is 1. The number of H-pyrrole nitrogens is 1. The van der Waals surface area contributed by atoms with Crippen molar-refractivity contribution in [3.63, 3.8) is 0 Å². The molecule has 2 aliphatic heterocycles. The van der Waals surface area contributed by atoms with Crippen LogP contribution in [0.15, 0.2) is 46.0 Å². The van der Waals surface area contributed by atoms with Gasteiger partial charge in [0.05, 0.1) is 18.4 Å². The van der Waals surface area contributed by atoms with Crippen molar-refractivity contribution in [1.82, 2.24) is 9.55 Å². The van der Waals surface area contributed by atoms with Crippen LogP contribution in [-0.4, -0.2) is 70.9 Å². The first kappa shape index (κ1) is 33.6. The minimum absolute atomic E-state index is 0.00789. The number of rotatable bonds is 11. The fourth-order valence-corrected chi connectivity index (χ4v) is 10.9. The van der Waals surface area contributed by atoms with Crippen molar-refractivity contribution >= 4 is 30.2 Å². The summed E-state index contributed by atoms with van der Waals surface area (Å²) in [6.45, 7) is 14.9. The number of ether oxygens (including phenoxy) is 1. The first-order valence-electron chi connectivity index (χ1n) is 14.8. The standard InChI is InChI=1S/C29H44N2O10Si2/c1-19(2)36-42(37-20(3)4)34-18-26-25(40-43(41-42,38-21(5)6)39-22(7)8)17-28(35-26)31-24(16-27(32)30-29(31)33)15-14-23-12-10-9-11-13-23/h9-16,19-22,25-26,28H,17-18H2,1-8H3,(H,30,32,33)/b15-14+/t25-,26+,28+/m0/s1. The Labute approximate surface area is 254 Å². The van der Waals surface area contributed by atoms with Gasteiger partial charge in [-0.05, 0) is 67.0 Å². The number of hydrogen-bond acceptors (Lipinski definition) is 10. The maximum atomic E-state index is 13.2. The molecule has 3 atom stereocenters. The molecule has 238 valence electrons. The largest absolute Gasteiger partial charge is 0.674 e. The van der Waals surface area contributed by atoms with Gasteiger partial charge in [0.1, 0.15) is 12.3 Å². The van der Waals surface area contributed by atoms with E-state index >= 15 is 0 Å². The van der Waals surface area contributed by atoms with Crippen LogP contribution in [0.2, 0.25) is 0 Å². The highest BCUT2D eigenvalue weighted by atomic mass is 28.5. The number of aromatic amines is 1. The minimum Gasteiger partial charge on any atom is -0.349 e. The predicted molar refractivity (Wildman–Crippen MR) is 164 cm³/mol. The van der Waals surface area contributed by atoms with Crippen molar-refractivity contribution < 1.29 is 35.4 Å². The molecule has 0 unspecified atom stereocenters. The molecule has 14 heteroatoms. The molecule has 2 aliphatic rings.